The van der Waals surface area contributed by atoms with Crippen molar-refractivity contribution in [2.75, 3.05) is 30.5 Å². The van der Waals surface area contributed by atoms with Crippen LogP contribution < -0.4 is 22.1 Å². The molecule has 0 saturated heterocycles. The maximum absolute atomic E-state index is 12.2. The quantitative estimate of drug-likeness (QED) is 0.166. The highest BCUT2D eigenvalue weighted by Crippen LogP contribution is 2.32. The first-order valence-corrected chi connectivity index (χ1v) is 14.7. The second kappa shape index (κ2) is 11.5. The van der Waals surface area contributed by atoms with Crippen molar-refractivity contribution in [3.05, 3.63) is 10.8 Å². The number of hydrogen-bond acceptors (Lipinski definition) is 10. The molecule has 13 nitrogen and oxygen atoms in total. The molecule has 0 radical (unpaired) electrons. The van der Waals surface area contributed by atoms with E-state index in [0.29, 0.717) is 29.0 Å². The number of carbonyl (C=O) groups is 1. The molecule has 16 heteroatoms. The lowest BCUT2D eigenvalue weighted by Crippen LogP contribution is -2.45. The molecule has 1 aromatic rings. The number of amides is 1. The van der Waals surface area contributed by atoms with Crippen molar-refractivity contribution in [3.63, 3.8) is 0 Å². The Balaban J connectivity index is 1.70. The number of carbonyl (C=O) groups excluding carboxylic acids is 1. The Hall–Kier alpha value is -2.23. The molecule has 1 fully saturated rings. The Kier molecular flexibility index (Phi) is 9.45. The van der Waals surface area contributed by atoms with E-state index in [9.17, 15) is 21.6 Å². The van der Waals surface area contributed by atoms with Gasteiger partial charge in [0.1, 0.15) is 0 Å². The zero-order valence-electron chi connectivity index (χ0n) is 19.0. The number of nitrogens with two attached hydrogens (primary N) is 2. The van der Waals surface area contributed by atoms with Crippen molar-refractivity contribution >= 4 is 55.1 Å². The van der Waals surface area contributed by atoms with Crippen LogP contribution in [0.4, 0.5) is 11.6 Å². The molecule has 0 bridgehead atoms. The van der Waals surface area contributed by atoms with Crippen LogP contribution in [0.3, 0.4) is 0 Å². The predicted octanol–water partition coefficient (Wildman–Crippen LogP) is 0.499. The maximum atomic E-state index is 12.2. The standard InChI is InChI=1S/C18H31ClN8O5S2/c1-33(29,30)27(34(2,31)32)12-8-6-11(7-9-12)5-3-4-10-23-18(22)26-17(28)13-15(20)25-16(21)14(19)24-13/h11-12H,3-10H2,1-2H3,(H4,20,21,25)(H3,22,23,26,28). The normalized spacial score (nSPS) is 19.1. The smallest absolute Gasteiger partial charge is 0.280 e. The molecular weight excluding hydrogens is 508 g/mol. The van der Waals surface area contributed by atoms with Crippen molar-refractivity contribution in [1.82, 2.24) is 24.3 Å². The van der Waals surface area contributed by atoms with Crippen molar-refractivity contribution in [1.29, 1.82) is 5.41 Å². The van der Waals surface area contributed by atoms with Crippen LogP contribution in [0.2, 0.25) is 5.15 Å². The summed E-state index contributed by atoms with van der Waals surface area (Å²) in [5, 5.41) is 12.8. The van der Waals surface area contributed by atoms with E-state index >= 15 is 0 Å². The Labute approximate surface area is 204 Å². The summed E-state index contributed by atoms with van der Waals surface area (Å²) in [5.41, 5.74) is 10.9. The fourth-order valence-corrected chi connectivity index (χ4v) is 7.63. The van der Waals surface area contributed by atoms with Crippen molar-refractivity contribution in [2.45, 2.75) is 51.0 Å². The van der Waals surface area contributed by atoms with Gasteiger partial charge in [0.2, 0.25) is 20.0 Å². The number of nitrogens with zero attached hydrogens (tertiary/aromatic N) is 3. The monoisotopic (exact) mass is 538 g/mol. The molecule has 34 heavy (non-hydrogen) atoms. The fraction of sp³-hybridized carbons (Fsp3) is 0.667. The first kappa shape index (κ1) is 28.0. The van der Waals surface area contributed by atoms with Gasteiger partial charge in [0.05, 0.1) is 12.5 Å². The van der Waals surface area contributed by atoms with E-state index in [-0.39, 0.29) is 28.4 Å². The van der Waals surface area contributed by atoms with Crippen LogP contribution in [-0.2, 0) is 20.0 Å². The number of halogens is 1. The van der Waals surface area contributed by atoms with Crippen molar-refractivity contribution in [3.8, 4) is 0 Å². The van der Waals surface area contributed by atoms with Crippen LogP contribution in [0.5, 0.6) is 0 Å². The van der Waals surface area contributed by atoms with Crippen LogP contribution >= 0.6 is 11.6 Å². The molecule has 0 atom stereocenters. The number of nitrogens with one attached hydrogen (secondary N) is 3. The Morgan fingerprint density at radius 1 is 1.06 bits per heavy atom. The van der Waals surface area contributed by atoms with Gasteiger partial charge in [0.25, 0.3) is 5.91 Å². The number of sulfonamides is 2. The van der Waals surface area contributed by atoms with E-state index < -0.39 is 32.0 Å². The summed E-state index contributed by atoms with van der Waals surface area (Å²) in [5.74, 6) is -0.869. The molecule has 0 spiro atoms. The summed E-state index contributed by atoms with van der Waals surface area (Å²) in [7, 11) is -7.69. The number of guanidine groups is 1. The summed E-state index contributed by atoms with van der Waals surface area (Å²) in [6.45, 7) is 0.452. The predicted molar refractivity (Wildman–Crippen MR) is 130 cm³/mol. The van der Waals surface area contributed by atoms with Gasteiger partial charge in [-0.15, -0.1) is 0 Å². The molecule has 7 N–H and O–H groups in total. The van der Waals surface area contributed by atoms with Crippen LogP contribution in [0.15, 0.2) is 0 Å². The van der Waals surface area contributed by atoms with Gasteiger partial charge in [-0.1, -0.05) is 28.2 Å². The number of anilines is 2. The summed E-state index contributed by atoms with van der Waals surface area (Å²) in [6.07, 6.45) is 6.84. The van der Waals surface area contributed by atoms with Crippen LogP contribution in [0.25, 0.3) is 0 Å². The second-order valence-electron chi connectivity index (χ2n) is 8.31. The molecule has 1 amide bonds. The summed E-state index contributed by atoms with van der Waals surface area (Å²) in [6, 6.07) is -0.526. The lowest BCUT2D eigenvalue weighted by atomic mass is 9.83. The van der Waals surface area contributed by atoms with E-state index in [1.807, 2.05) is 0 Å². The van der Waals surface area contributed by atoms with Crippen LogP contribution in [-0.4, -0.2) is 67.5 Å². The minimum atomic E-state index is -3.84. The Morgan fingerprint density at radius 2 is 1.65 bits per heavy atom. The van der Waals surface area contributed by atoms with Gasteiger partial charge in [-0.25, -0.2) is 26.8 Å². The molecule has 1 saturated carbocycles. The topological polar surface area (TPSA) is 214 Å². The van der Waals surface area contributed by atoms with E-state index in [1.54, 1.807) is 0 Å². The molecule has 0 aromatic carbocycles. The number of aromatic nitrogens is 2. The number of hydrogen-bond donors (Lipinski definition) is 5. The molecule has 1 aromatic heterocycles. The average Bonchev–Trinajstić information content (AvgIpc) is 2.69. The van der Waals surface area contributed by atoms with Gasteiger partial charge < -0.3 is 16.8 Å². The highest BCUT2D eigenvalue weighted by Gasteiger charge is 2.37. The SMILES string of the molecule is CS(=O)(=O)N(C1CCC(CCCCNC(=N)NC(=O)c2nc(Cl)c(N)nc2N)CC1)S(C)(=O)=O. The molecular formula is C18H31ClN8O5S2. The third-order valence-corrected chi connectivity index (χ3v) is 9.27. The molecule has 0 unspecified atom stereocenters. The molecule has 1 aliphatic rings. The lowest BCUT2D eigenvalue weighted by Gasteiger charge is -2.34. The highest BCUT2D eigenvalue weighted by molar-refractivity contribution is 8.03. The molecule has 0 aliphatic heterocycles. The van der Waals surface area contributed by atoms with Crippen molar-refractivity contribution < 1.29 is 21.6 Å². The van der Waals surface area contributed by atoms with Gasteiger partial charge in [0, 0.05) is 12.6 Å². The zero-order chi connectivity index (χ0) is 25.7. The van der Waals surface area contributed by atoms with Gasteiger partial charge in [-0.3, -0.25) is 15.5 Å². The van der Waals surface area contributed by atoms with E-state index in [1.165, 1.54) is 0 Å². The van der Waals surface area contributed by atoms with Gasteiger partial charge in [-0.05, 0) is 38.0 Å². The highest BCUT2D eigenvalue weighted by atomic mass is 35.5. The molecule has 1 aliphatic carbocycles. The third-order valence-electron chi connectivity index (χ3n) is 5.47. The number of unbranched alkanes of at least 4 members (excludes halogenated alkanes) is 1. The molecule has 1 heterocycles. The molecule has 2 rings (SSSR count). The third kappa shape index (κ3) is 7.92. The van der Waals surface area contributed by atoms with E-state index in [0.717, 1.165) is 44.6 Å². The summed E-state index contributed by atoms with van der Waals surface area (Å²) < 4.78 is 48.3. The van der Waals surface area contributed by atoms with Crippen LogP contribution in [0.1, 0.15) is 55.4 Å². The second-order valence-corrected chi connectivity index (χ2v) is 12.6. The zero-order valence-corrected chi connectivity index (χ0v) is 21.4. The van der Waals surface area contributed by atoms with Crippen LogP contribution in [0, 0.1) is 11.3 Å². The van der Waals surface area contributed by atoms with Gasteiger partial charge in [0.15, 0.2) is 28.4 Å². The average molecular weight is 539 g/mol. The Morgan fingerprint density at radius 3 is 2.21 bits per heavy atom. The number of nitrogen functional groups attached to an aromatic ring is 2. The molecule has 192 valence electrons. The first-order chi connectivity index (χ1) is 15.7. The summed E-state index contributed by atoms with van der Waals surface area (Å²) in [4.78, 5) is 19.7. The maximum Gasteiger partial charge on any atom is 0.280 e. The minimum Gasteiger partial charge on any atom is -0.382 e. The Bertz CT molecular complexity index is 1090. The van der Waals surface area contributed by atoms with E-state index in [2.05, 4.69) is 20.6 Å². The largest absolute Gasteiger partial charge is 0.382 e. The van der Waals surface area contributed by atoms with E-state index in [4.69, 9.17) is 28.5 Å². The van der Waals surface area contributed by atoms with Gasteiger partial charge in [-0.2, -0.15) is 0 Å². The summed E-state index contributed by atoms with van der Waals surface area (Å²) >= 11 is 5.75. The fourth-order valence-electron chi connectivity index (χ4n) is 4.03. The van der Waals surface area contributed by atoms with Crippen molar-refractivity contribution in [2.24, 2.45) is 5.92 Å². The number of rotatable bonds is 9. The lowest BCUT2D eigenvalue weighted by molar-refractivity contribution is 0.0971. The minimum absolute atomic E-state index is 0.0967. The van der Waals surface area contributed by atoms with Gasteiger partial charge >= 0.3 is 0 Å². The first-order valence-electron chi connectivity index (χ1n) is 10.6.